The molecule has 1 aliphatic rings. The molecule has 1 N–H and O–H groups in total. The number of rotatable bonds is 6. The van der Waals surface area contributed by atoms with Crippen LogP contribution in [0.3, 0.4) is 0 Å². The van der Waals surface area contributed by atoms with E-state index in [0.717, 1.165) is 31.6 Å². The summed E-state index contributed by atoms with van der Waals surface area (Å²) in [7, 11) is 0. The van der Waals surface area contributed by atoms with Crippen molar-refractivity contribution in [3.63, 3.8) is 0 Å². The van der Waals surface area contributed by atoms with Crippen LogP contribution in [0.4, 0.5) is 13.2 Å². The molecule has 1 unspecified atom stereocenters. The fourth-order valence-corrected chi connectivity index (χ4v) is 3.10. The molecule has 3 nitrogen and oxygen atoms in total. The monoisotopic (exact) mass is 377 g/mol. The Bertz CT molecular complexity index is 774. The first-order chi connectivity index (χ1) is 12.9. The van der Waals surface area contributed by atoms with E-state index in [4.69, 9.17) is 4.74 Å². The zero-order valence-electron chi connectivity index (χ0n) is 14.8. The van der Waals surface area contributed by atoms with E-state index < -0.39 is 17.8 Å². The van der Waals surface area contributed by atoms with Crippen molar-refractivity contribution in [3.8, 4) is 5.75 Å². The summed E-state index contributed by atoms with van der Waals surface area (Å²) in [6.07, 6.45) is -2.13. The first-order valence-corrected chi connectivity index (χ1v) is 8.87. The average molecular weight is 377 g/mol. The molecule has 0 amide bonds. The number of hydrogen-bond donors (Lipinski definition) is 1. The Balaban J connectivity index is 1.48. The van der Waals surface area contributed by atoms with Crippen LogP contribution < -0.4 is 4.74 Å². The standard InChI is InChI=1S/C21H22F3NO2/c22-21(23,24)18-7-4-8-20(13-18)27-15-19(26)14-25-11-9-17(10-12-25)16-5-2-1-3-6-16/h1-9,13,19,26H,10-12,14-15H2. The Morgan fingerprint density at radius 1 is 1.07 bits per heavy atom. The molecular weight excluding hydrogens is 355 g/mol. The van der Waals surface area contributed by atoms with Crippen molar-refractivity contribution in [3.05, 3.63) is 71.8 Å². The maximum atomic E-state index is 12.7. The molecule has 0 aromatic heterocycles. The van der Waals surface area contributed by atoms with Crippen LogP contribution in [0.5, 0.6) is 5.75 Å². The molecule has 27 heavy (non-hydrogen) atoms. The number of β-amino-alcohol motifs (C(OH)–C–C–N with tert-alkyl or cyclic N) is 1. The molecule has 0 aliphatic carbocycles. The van der Waals surface area contributed by atoms with Crippen molar-refractivity contribution >= 4 is 5.57 Å². The molecular formula is C21H22F3NO2. The van der Waals surface area contributed by atoms with Gasteiger partial charge in [0.05, 0.1) is 5.56 Å². The van der Waals surface area contributed by atoms with E-state index in [2.05, 4.69) is 23.1 Å². The predicted octanol–water partition coefficient (Wildman–Crippen LogP) is 4.23. The van der Waals surface area contributed by atoms with Crippen molar-refractivity contribution in [2.45, 2.75) is 18.7 Å². The number of nitrogens with zero attached hydrogens (tertiary/aromatic N) is 1. The van der Waals surface area contributed by atoms with Crippen LogP contribution in [-0.4, -0.2) is 42.4 Å². The van der Waals surface area contributed by atoms with Gasteiger partial charge in [-0.2, -0.15) is 13.2 Å². The molecule has 3 rings (SSSR count). The van der Waals surface area contributed by atoms with Gasteiger partial charge in [0.25, 0.3) is 0 Å². The smallest absolute Gasteiger partial charge is 0.416 e. The summed E-state index contributed by atoms with van der Waals surface area (Å²) in [5, 5.41) is 10.2. The van der Waals surface area contributed by atoms with Crippen molar-refractivity contribution in [1.29, 1.82) is 0 Å². The van der Waals surface area contributed by atoms with Gasteiger partial charge in [-0.3, -0.25) is 4.90 Å². The quantitative estimate of drug-likeness (QED) is 0.818. The number of ether oxygens (including phenoxy) is 1. The number of benzene rings is 2. The maximum absolute atomic E-state index is 12.7. The largest absolute Gasteiger partial charge is 0.491 e. The summed E-state index contributed by atoms with van der Waals surface area (Å²) in [5.41, 5.74) is 1.75. The zero-order valence-corrected chi connectivity index (χ0v) is 14.8. The van der Waals surface area contributed by atoms with E-state index in [1.54, 1.807) is 0 Å². The number of halogens is 3. The van der Waals surface area contributed by atoms with Crippen molar-refractivity contribution < 1.29 is 23.0 Å². The van der Waals surface area contributed by atoms with Gasteiger partial charge in [0.15, 0.2) is 0 Å². The van der Waals surface area contributed by atoms with E-state index >= 15 is 0 Å². The molecule has 144 valence electrons. The van der Waals surface area contributed by atoms with E-state index in [-0.39, 0.29) is 12.4 Å². The molecule has 0 saturated carbocycles. The molecule has 0 saturated heterocycles. The molecule has 2 aromatic carbocycles. The van der Waals surface area contributed by atoms with Gasteiger partial charge in [-0.1, -0.05) is 42.5 Å². The Labute approximate surface area is 156 Å². The van der Waals surface area contributed by atoms with Gasteiger partial charge in [-0.15, -0.1) is 0 Å². The number of hydrogen-bond acceptors (Lipinski definition) is 3. The summed E-state index contributed by atoms with van der Waals surface area (Å²) in [6.45, 7) is 1.91. The highest BCUT2D eigenvalue weighted by molar-refractivity contribution is 5.66. The lowest BCUT2D eigenvalue weighted by Crippen LogP contribution is -2.38. The summed E-state index contributed by atoms with van der Waals surface area (Å²) in [5.74, 6) is 0.105. The van der Waals surface area contributed by atoms with Gasteiger partial charge in [0.1, 0.15) is 18.5 Å². The van der Waals surface area contributed by atoms with Gasteiger partial charge in [-0.25, -0.2) is 0 Å². The minimum Gasteiger partial charge on any atom is -0.491 e. The third-order valence-electron chi connectivity index (χ3n) is 4.51. The lowest BCUT2D eigenvalue weighted by atomic mass is 9.99. The zero-order chi connectivity index (χ0) is 19.3. The molecule has 6 heteroatoms. The van der Waals surface area contributed by atoms with Gasteiger partial charge in [0.2, 0.25) is 0 Å². The van der Waals surface area contributed by atoms with E-state index in [9.17, 15) is 18.3 Å². The summed E-state index contributed by atoms with van der Waals surface area (Å²) in [4.78, 5) is 2.10. The average Bonchev–Trinajstić information content (AvgIpc) is 2.67. The van der Waals surface area contributed by atoms with Crippen LogP contribution in [0.2, 0.25) is 0 Å². The van der Waals surface area contributed by atoms with Gasteiger partial charge in [0, 0.05) is 19.6 Å². The van der Waals surface area contributed by atoms with Crippen LogP contribution in [0.25, 0.3) is 5.57 Å². The van der Waals surface area contributed by atoms with E-state index in [1.165, 1.54) is 23.3 Å². The summed E-state index contributed by atoms with van der Waals surface area (Å²) in [6, 6.07) is 14.9. The highest BCUT2D eigenvalue weighted by Gasteiger charge is 2.30. The molecule has 1 atom stereocenters. The van der Waals surface area contributed by atoms with Crippen molar-refractivity contribution in [2.75, 3.05) is 26.2 Å². The first-order valence-electron chi connectivity index (χ1n) is 8.87. The number of aliphatic hydroxyl groups is 1. The number of alkyl halides is 3. The Kier molecular flexibility index (Phi) is 6.19. The Morgan fingerprint density at radius 3 is 2.52 bits per heavy atom. The van der Waals surface area contributed by atoms with Crippen molar-refractivity contribution in [2.24, 2.45) is 0 Å². The van der Waals surface area contributed by atoms with Crippen LogP contribution in [0.15, 0.2) is 60.7 Å². The molecule has 0 radical (unpaired) electrons. The molecule has 0 spiro atoms. The van der Waals surface area contributed by atoms with Gasteiger partial charge < -0.3 is 9.84 Å². The topological polar surface area (TPSA) is 32.7 Å². The minimum absolute atomic E-state index is 0.0485. The lowest BCUT2D eigenvalue weighted by molar-refractivity contribution is -0.137. The van der Waals surface area contributed by atoms with E-state index in [1.807, 2.05) is 18.2 Å². The first kappa shape index (κ1) is 19.5. The Hall–Kier alpha value is -2.31. The second-order valence-electron chi connectivity index (χ2n) is 6.60. The molecule has 0 bridgehead atoms. The van der Waals surface area contributed by atoms with Gasteiger partial charge >= 0.3 is 6.18 Å². The second-order valence-corrected chi connectivity index (χ2v) is 6.60. The van der Waals surface area contributed by atoms with Gasteiger partial charge in [-0.05, 0) is 35.8 Å². The van der Waals surface area contributed by atoms with E-state index in [0.29, 0.717) is 6.54 Å². The second kappa shape index (κ2) is 8.59. The van der Waals surface area contributed by atoms with Crippen molar-refractivity contribution in [1.82, 2.24) is 4.90 Å². The minimum atomic E-state index is -4.41. The SMILES string of the molecule is OC(COc1cccc(C(F)(F)F)c1)CN1CC=C(c2ccccc2)CC1. The summed E-state index contributed by atoms with van der Waals surface area (Å²) >= 11 is 0. The maximum Gasteiger partial charge on any atom is 0.416 e. The molecule has 1 aliphatic heterocycles. The fraction of sp³-hybridized carbons (Fsp3) is 0.333. The van der Waals surface area contributed by atoms with Crippen LogP contribution in [-0.2, 0) is 6.18 Å². The molecule has 2 aromatic rings. The third kappa shape index (κ3) is 5.58. The normalized spacial score (nSPS) is 16.7. The van der Waals surface area contributed by atoms with Crippen LogP contribution >= 0.6 is 0 Å². The van der Waals surface area contributed by atoms with Crippen LogP contribution in [0.1, 0.15) is 17.5 Å². The third-order valence-corrected chi connectivity index (χ3v) is 4.51. The summed E-state index contributed by atoms with van der Waals surface area (Å²) < 4.78 is 43.5. The highest BCUT2D eigenvalue weighted by atomic mass is 19.4. The molecule has 0 fully saturated rings. The predicted molar refractivity (Wildman–Crippen MR) is 98.4 cm³/mol. The Morgan fingerprint density at radius 2 is 1.85 bits per heavy atom. The van der Waals surface area contributed by atoms with Crippen LogP contribution in [0, 0.1) is 0 Å². The molecule has 1 heterocycles. The lowest BCUT2D eigenvalue weighted by Gasteiger charge is -2.28. The fourth-order valence-electron chi connectivity index (χ4n) is 3.10. The highest BCUT2D eigenvalue weighted by Crippen LogP contribution is 2.31. The number of aliphatic hydroxyl groups excluding tert-OH is 1.